The van der Waals surface area contributed by atoms with Crippen LogP contribution in [-0.2, 0) is 6.54 Å². The van der Waals surface area contributed by atoms with Gasteiger partial charge in [-0.2, -0.15) is 0 Å². The van der Waals surface area contributed by atoms with Gasteiger partial charge in [-0.15, -0.1) is 5.10 Å². The quantitative estimate of drug-likeness (QED) is 0.831. The summed E-state index contributed by atoms with van der Waals surface area (Å²) in [4.78, 5) is 4.81. The van der Waals surface area contributed by atoms with Gasteiger partial charge in [-0.05, 0) is 33.0 Å². The van der Waals surface area contributed by atoms with Gasteiger partial charge in [0.05, 0.1) is 0 Å². The summed E-state index contributed by atoms with van der Waals surface area (Å²) in [6, 6.07) is 0.629. The normalized spacial score (nSPS) is 18.0. The Morgan fingerprint density at radius 1 is 1.29 bits per heavy atom. The molecule has 1 aliphatic heterocycles. The molecule has 2 rings (SSSR count). The van der Waals surface area contributed by atoms with Gasteiger partial charge in [-0.3, -0.25) is 9.47 Å². The van der Waals surface area contributed by atoms with Gasteiger partial charge in [0.25, 0.3) is 0 Å². The molecule has 0 aliphatic carbocycles. The minimum Gasteiger partial charge on any atom is -0.338 e. The van der Waals surface area contributed by atoms with Crippen molar-refractivity contribution in [1.29, 1.82) is 0 Å². The Morgan fingerprint density at radius 3 is 2.47 bits per heavy atom. The molecular weight excluding hydrogens is 234 g/mol. The number of anilines is 1. The Morgan fingerprint density at radius 2 is 1.94 bits per heavy atom. The molecular formula is C11H21N5S. The van der Waals surface area contributed by atoms with Crippen molar-refractivity contribution in [3.8, 4) is 0 Å². The van der Waals surface area contributed by atoms with Crippen molar-refractivity contribution in [2.75, 3.05) is 31.1 Å². The third-order valence-electron chi connectivity index (χ3n) is 3.38. The van der Waals surface area contributed by atoms with E-state index in [4.69, 9.17) is 12.2 Å². The molecule has 2 heterocycles. The summed E-state index contributed by atoms with van der Waals surface area (Å²) in [7, 11) is 0. The highest BCUT2D eigenvalue weighted by molar-refractivity contribution is 7.71. The minimum atomic E-state index is 0.629. The molecule has 96 valence electrons. The predicted octanol–water partition coefficient (Wildman–Crippen LogP) is 1.49. The molecule has 0 atom stereocenters. The van der Waals surface area contributed by atoms with Crippen LogP contribution in [-0.4, -0.2) is 51.9 Å². The molecule has 1 saturated heterocycles. The maximum Gasteiger partial charge on any atom is 0.225 e. The van der Waals surface area contributed by atoms with E-state index in [9.17, 15) is 0 Å². The van der Waals surface area contributed by atoms with Crippen LogP contribution in [0.2, 0.25) is 0 Å². The lowest BCUT2D eigenvalue weighted by atomic mass is 10.2. The maximum absolute atomic E-state index is 5.21. The first-order chi connectivity index (χ1) is 8.13. The van der Waals surface area contributed by atoms with Gasteiger partial charge in [0.2, 0.25) is 5.95 Å². The predicted molar refractivity (Wildman–Crippen MR) is 72.0 cm³/mol. The Labute approximate surface area is 107 Å². The first-order valence-corrected chi connectivity index (χ1v) is 6.68. The first-order valence-electron chi connectivity index (χ1n) is 6.27. The second kappa shape index (κ2) is 5.18. The molecule has 1 aromatic rings. The Balaban J connectivity index is 2.08. The summed E-state index contributed by atoms with van der Waals surface area (Å²) in [6.45, 7) is 11.7. The number of hydrogen-bond donors (Lipinski definition) is 1. The third kappa shape index (κ3) is 2.52. The molecule has 0 spiro atoms. The molecule has 0 bridgehead atoms. The highest BCUT2D eigenvalue weighted by atomic mass is 32.1. The average Bonchev–Trinajstić information content (AvgIpc) is 2.70. The van der Waals surface area contributed by atoms with Crippen molar-refractivity contribution in [2.24, 2.45) is 0 Å². The second-order valence-corrected chi connectivity index (χ2v) is 5.08. The van der Waals surface area contributed by atoms with Crippen LogP contribution in [0.4, 0.5) is 5.95 Å². The van der Waals surface area contributed by atoms with Crippen LogP contribution >= 0.6 is 12.2 Å². The Hall–Kier alpha value is -0.880. The number of nitrogens with one attached hydrogen (secondary N) is 1. The van der Waals surface area contributed by atoms with Crippen LogP contribution in [0.3, 0.4) is 0 Å². The average molecular weight is 255 g/mol. The van der Waals surface area contributed by atoms with E-state index < -0.39 is 0 Å². The molecule has 5 nitrogen and oxygen atoms in total. The number of nitrogens with zero attached hydrogens (tertiary/aromatic N) is 4. The lowest BCUT2D eigenvalue weighted by molar-refractivity contribution is 0.208. The summed E-state index contributed by atoms with van der Waals surface area (Å²) in [5.41, 5.74) is 0. The zero-order chi connectivity index (χ0) is 12.4. The van der Waals surface area contributed by atoms with Gasteiger partial charge in [0.1, 0.15) is 0 Å². The number of piperazine rings is 1. The van der Waals surface area contributed by atoms with E-state index in [1.54, 1.807) is 0 Å². The zero-order valence-corrected chi connectivity index (χ0v) is 11.6. The van der Waals surface area contributed by atoms with Gasteiger partial charge >= 0.3 is 0 Å². The molecule has 0 amide bonds. The number of aromatic amines is 1. The van der Waals surface area contributed by atoms with Crippen LogP contribution < -0.4 is 4.90 Å². The number of hydrogen-bond acceptors (Lipinski definition) is 4. The standard InChI is InChI=1S/C11H21N5S/c1-4-16-10(12-13-11(16)17)15-7-5-14(6-8-15)9(2)3/h9H,4-8H2,1-3H3,(H,13,17). The van der Waals surface area contributed by atoms with E-state index >= 15 is 0 Å². The topological polar surface area (TPSA) is 40.1 Å². The third-order valence-corrected chi connectivity index (χ3v) is 3.69. The number of H-pyrrole nitrogens is 1. The van der Waals surface area contributed by atoms with Crippen LogP contribution in [0.5, 0.6) is 0 Å². The summed E-state index contributed by atoms with van der Waals surface area (Å²) in [5, 5.41) is 7.21. The highest BCUT2D eigenvalue weighted by Gasteiger charge is 2.21. The SMILES string of the molecule is CCn1c(N2CCN(C(C)C)CC2)n[nH]c1=S. The van der Waals surface area contributed by atoms with Crippen LogP contribution in [0.15, 0.2) is 0 Å². The monoisotopic (exact) mass is 255 g/mol. The smallest absolute Gasteiger partial charge is 0.225 e. The van der Waals surface area contributed by atoms with Crippen molar-refractivity contribution >= 4 is 18.2 Å². The summed E-state index contributed by atoms with van der Waals surface area (Å²) in [5.74, 6) is 0.987. The molecule has 1 N–H and O–H groups in total. The number of rotatable bonds is 3. The van der Waals surface area contributed by atoms with E-state index in [0.717, 1.165) is 38.7 Å². The Kier molecular flexibility index (Phi) is 3.83. The van der Waals surface area contributed by atoms with E-state index in [-0.39, 0.29) is 0 Å². The Bertz CT molecular complexity index is 414. The minimum absolute atomic E-state index is 0.629. The van der Waals surface area contributed by atoms with Gasteiger partial charge < -0.3 is 4.90 Å². The summed E-state index contributed by atoms with van der Waals surface area (Å²) in [6.07, 6.45) is 0. The van der Waals surface area contributed by atoms with E-state index in [2.05, 4.69) is 45.3 Å². The summed E-state index contributed by atoms with van der Waals surface area (Å²) >= 11 is 5.21. The fraction of sp³-hybridized carbons (Fsp3) is 0.818. The van der Waals surface area contributed by atoms with Crippen LogP contribution in [0, 0.1) is 4.77 Å². The number of aromatic nitrogens is 3. The molecule has 6 heteroatoms. The van der Waals surface area contributed by atoms with Crippen molar-refractivity contribution in [3.05, 3.63) is 4.77 Å². The fourth-order valence-corrected chi connectivity index (χ4v) is 2.53. The van der Waals surface area contributed by atoms with Crippen molar-refractivity contribution in [1.82, 2.24) is 19.7 Å². The molecule has 0 aromatic carbocycles. The van der Waals surface area contributed by atoms with Gasteiger partial charge in [-0.1, -0.05) is 0 Å². The fourth-order valence-electron chi connectivity index (χ4n) is 2.27. The summed E-state index contributed by atoms with van der Waals surface area (Å²) < 4.78 is 2.77. The molecule has 17 heavy (non-hydrogen) atoms. The first kappa shape index (κ1) is 12.6. The van der Waals surface area contributed by atoms with Crippen molar-refractivity contribution in [2.45, 2.75) is 33.4 Å². The molecule has 1 fully saturated rings. The van der Waals surface area contributed by atoms with Crippen LogP contribution in [0.1, 0.15) is 20.8 Å². The zero-order valence-electron chi connectivity index (χ0n) is 10.8. The van der Waals surface area contributed by atoms with Gasteiger partial charge in [0.15, 0.2) is 4.77 Å². The van der Waals surface area contributed by atoms with Crippen molar-refractivity contribution in [3.63, 3.8) is 0 Å². The molecule has 1 aromatic heterocycles. The highest BCUT2D eigenvalue weighted by Crippen LogP contribution is 2.15. The molecule has 1 aliphatic rings. The second-order valence-electron chi connectivity index (χ2n) is 4.69. The molecule has 0 unspecified atom stereocenters. The van der Waals surface area contributed by atoms with E-state index in [0.29, 0.717) is 10.8 Å². The molecule has 0 saturated carbocycles. The van der Waals surface area contributed by atoms with E-state index in [1.165, 1.54) is 0 Å². The molecule has 0 radical (unpaired) electrons. The largest absolute Gasteiger partial charge is 0.338 e. The lowest BCUT2D eigenvalue weighted by Crippen LogP contribution is -2.49. The van der Waals surface area contributed by atoms with Crippen molar-refractivity contribution < 1.29 is 0 Å². The van der Waals surface area contributed by atoms with Gasteiger partial charge in [-0.25, -0.2) is 5.10 Å². The lowest BCUT2D eigenvalue weighted by Gasteiger charge is -2.37. The maximum atomic E-state index is 5.21. The van der Waals surface area contributed by atoms with Crippen LogP contribution in [0.25, 0.3) is 0 Å². The van der Waals surface area contributed by atoms with Gasteiger partial charge in [0, 0.05) is 38.8 Å². The van der Waals surface area contributed by atoms with E-state index in [1.807, 2.05) is 0 Å².